The van der Waals surface area contributed by atoms with Crippen molar-refractivity contribution in [3.63, 3.8) is 0 Å². The summed E-state index contributed by atoms with van der Waals surface area (Å²) in [5, 5.41) is 3.30. The molecule has 0 saturated carbocycles. The molecule has 3 nitrogen and oxygen atoms in total. The molecule has 122 valence electrons. The standard InChI is InChI=1S/C19H30N2O/c1-18(2,3)14-8-13(9-15(11-14)19(4,5)6)10-16-20-12-17(22)21(16)7/h8-9,11,16,20H,10,12H2,1-7H3/t16-/m1/s1. The Morgan fingerprint density at radius 3 is 1.91 bits per heavy atom. The quantitative estimate of drug-likeness (QED) is 0.910. The van der Waals surface area contributed by atoms with Gasteiger partial charge in [0.2, 0.25) is 5.91 Å². The van der Waals surface area contributed by atoms with Crippen molar-refractivity contribution in [1.82, 2.24) is 10.2 Å². The highest BCUT2D eigenvalue weighted by Crippen LogP contribution is 2.31. The topological polar surface area (TPSA) is 32.3 Å². The second-order valence-electron chi connectivity index (χ2n) is 8.52. The van der Waals surface area contributed by atoms with Crippen molar-refractivity contribution in [1.29, 1.82) is 0 Å². The van der Waals surface area contributed by atoms with Crippen LogP contribution in [0.3, 0.4) is 0 Å². The monoisotopic (exact) mass is 302 g/mol. The molecule has 0 radical (unpaired) electrons. The van der Waals surface area contributed by atoms with Gasteiger partial charge in [0, 0.05) is 13.5 Å². The van der Waals surface area contributed by atoms with Crippen molar-refractivity contribution in [3.05, 3.63) is 34.9 Å². The molecule has 0 unspecified atom stereocenters. The zero-order valence-electron chi connectivity index (χ0n) is 15.1. The highest BCUT2D eigenvalue weighted by atomic mass is 16.2. The number of hydrogen-bond acceptors (Lipinski definition) is 2. The van der Waals surface area contributed by atoms with Crippen LogP contribution in [0, 0.1) is 0 Å². The molecule has 3 heteroatoms. The molecule has 0 spiro atoms. The fourth-order valence-corrected chi connectivity index (χ4v) is 2.75. The van der Waals surface area contributed by atoms with Gasteiger partial charge in [0.25, 0.3) is 0 Å². The molecule has 1 saturated heterocycles. The summed E-state index contributed by atoms with van der Waals surface area (Å²) in [6.45, 7) is 14.0. The molecule has 1 atom stereocenters. The van der Waals surface area contributed by atoms with Gasteiger partial charge in [-0.1, -0.05) is 59.7 Å². The Hall–Kier alpha value is -1.35. The van der Waals surface area contributed by atoms with E-state index >= 15 is 0 Å². The second-order valence-corrected chi connectivity index (χ2v) is 8.52. The van der Waals surface area contributed by atoms with Crippen LogP contribution in [0.4, 0.5) is 0 Å². The third kappa shape index (κ3) is 3.70. The maximum atomic E-state index is 11.7. The summed E-state index contributed by atoms with van der Waals surface area (Å²) >= 11 is 0. The number of carbonyl (C=O) groups is 1. The summed E-state index contributed by atoms with van der Waals surface area (Å²) in [7, 11) is 1.88. The zero-order valence-corrected chi connectivity index (χ0v) is 15.1. The number of rotatable bonds is 2. The normalized spacial score (nSPS) is 19.9. The molecule has 1 aromatic carbocycles. The van der Waals surface area contributed by atoms with E-state index in [9.17, 15) is 4.79 Å². The van der Waals surface area contributed by atoms with Gasteiger partial charge in [0.15, 0.2) is 0 Å². The van der Waals surface area contributed by atoms with E-state index in [1.54, 1.807) is 0 Å². The Morgan fingerprint density at radius 2 is 1.55 bits per heavy atom. The molecule has 22 heavy (non-hydrogen) atoms. The van der Waals surface area contributed by atoms with Gasteiger partial charge in [-0.2, -0.15) is 0 Å². The summed E-state index contributed by atoms with van der Waals surface area (Å²) in [4.78, 5) is 13.5. The van der Waals surface area contributed by atoms with Gasteiger partial charge >= 0.3 is 0 Å². The average molecular weight is 302 g/mol. The van der Waals surface area contributed by atoms with Crippen molar-refractivity contribution in [2.24, 2.45) is 0 Å². The lowest BCUT2D eigenvalue weighted by molar-refractivity contribution is -0.126. The Balaban J connectivity index is 2.36. The molecule has 2 rings (SSSR count). The number of amides is 1. The Bertz CT molecular complexity index is 532. The van der Waals surface area contributed by atoms with Crippen LogP contribution in [-0.4, -0.2) is 30.6 Å². The smallest absolute Gasteiger partial charge is 0.237 e. The maximum absolute atomic E-state index is 11.7. The van der Waals surface area contributed by atoms with E-state index in [4.69, 9.17) is 0 Å². The molecular formula is C19H30N2O. The predicted octanol–water partition coefficient (Wildman–Crippen LogP) is 3.21. The van der Waals surface area contributed by atoms with Crippen molar-refractivity contribution >= 4 is 5.91 Å². The van der Waals surface area contributed by atoms with Crippen LogP contribution >= 0.6 is 0 Å². The third-order valence-electron chi connectivity index (χ3n) is 4.50. The number of hydrogen-bond donors (Lipinski definition) is 1. The lowest BCUT2D eigenvalue weighted by atomic mass is 9.79. The number of nitrogens with one attached hydrogen (secondary N) is 1. The minimum absolute atomic E-state index is 0.107. The largest absolute Gasteiger partial charge is 0.329 e. The maximum Gasteiger partial charge on any atom is 0.237 e. The first kappa shape index (κ1) is 17.0. The van der Waals surface area contributed by atoms with E-state index in [1.165, 1.54) is 16.7 Å². The van der Waals surface area contributed by atoms with Crippen LogP contribution in [0.2, 0.25) is 0 Å². The van der Waals surface area contributed by atoms with Gasteiger partial charge in [-0.05, 0) is 27.5 Å². The molecule has 1 heterocycles. The summed E-state index contributed by atoms with van der Waals surface area (Å²) < 4.78 is 0. The number of carbonyl (C=O) groups excluding carboxylic acids is 1. The fourth-order valence-electron chi connectivity index (χ4n) is 2.75. The molecule has 0 bridgehead atoms. The number of likely N-dealkylation sites (N-methyl/N-ethyl adjacent to an activating group) is 1. The summed E-state index contributed by atoms with van der Waals surface area (Å²) in [5.41, 5.74) is 4.28. The van der Waals surface area contributed by atoms with Crippen molar-refractivity contribution in [3.8, 4) is 0 Å². The van der Waals surface area contributed by atoms with Crippen LogP contribution in [-0.2, 0) is 22.0 Å². The van der Waals surface area contributed by atoms with Crippen LogP contribution in [0.15, 0.2) is 18.2 Å². The summed E-state index contributed by atoms with van der Waals surface area (Å²) in [6.07, 6.45) is 0.963. The van der Waals surface area contributed by atoms with Gasteiger partial charge in [0.05, 0.1) is 12.7 Å². The minimum atomic E-state index is 0.107. The van der Waals surface area contributed by atoms with Crippen molar-refractivity contribution in [2.45, 2.75) is 65.0 Å². The lowest BCUT2D eigenvalue weighted by Crippen LogP contribution is -2.36. The molecule has 0 aromatic heterocycles. The van der Waals surface area contributed by atoms with Crippen LogP contribution in [0.25, 0.3) is 0 Å². The molecule has 1 fully saturated rings. The lowest BCUT2D eigenvalue weighted by Gasteiger charge is -2.27. The third-order valence-corrected chi connectivity index (χ3v) is 4.50. The molecule has 1 aromatic rings. The van der Waals surface area contributed by atoms with Crippen molar-refractivity contribution < 1.29 is 4.79 Å². The average Bonchev–Trinajstić information content (AvgIpc) is 2.68. The molecule has 1 aliphatic rings. The fraction of sp³-hybridized carbons (Fsp3) is 0.632. The second kappa shape index (κ2) is 5.69. The number of benzene rings is 1. The van der Waals surface area contributed by atoms with E-state index in [1.807, 2.05) is 11.9 Å². The van der Waals surface area contributed by atoms with E-state index in [-0.39, 0.29) is 22.9 Å². The first-order valence-corrected chi connectivity index (χ1v) is 8.12. The van der Waals surface area contributed by atoms with Gasteiger partial charge in [-0.15, -0.1) is 0 Å². The Labute approximate surface area is 135 Å². The first-order chi connectivity index (χ1) is 9.98. The van der Waals surface area contributed by atoms with Gasteiger partial charge in [-0.3, -0.25) is 10.1 Å². The van der Waals surface area contributed by atoms with Gasteiger partial charge < -0.3 is 4.90 Å². The van der Waals surface area contributed by atoms with E-state index in [2.05, 4.69) is 65.1 Å². The summed E-state index contributed by atoms with van der Waals surface area (Å²) in [5.74, 6) is 0.174. The van der Waals surface area contributed by atoms with Gasteiger partial charge in [0.1, 0.15) is 0 Å². The Kier molecular flexibility index (Phi) is 4.40. The van der Waals surface area contributed by atoms with E-state index < -0.39 is 0 Å². The highest BCUT2D eigenvalue weighted by molar-refractivity contribution is 5.80. The summed E-state index contributed by atoms with van der Waals surface area (Å²) in [6, 6.07) is 6.93. The molecule has 0 aliphatic carbocycles. The zero-order chi connectivity index (χ0) is 16.7. The Morgan fingerprint density at radius 1 is 1.05 bits per heavy atom. The number of nitrogens with zero attached hydrogens (tertiary/aromatic N) is 1. The van der Waals surface area contributed by atoms with Crippen molar-refractivity contribution in [2.75, 3.05) is 13.6 Å². The van der Waals surface area contributed by atoms with E-state index in [0.717, 1.165) is 6.42 Å². The van der Waals surface area contributed by atoms with Crippen LogP contribution in [0.5, 0.6) is 0 Å². The minimum Gasteiger partial charge on any atom is -0.329 e. The van der Waals surface area contributed by atoms with Gasteiger partial charge in [-0.25, -0.2) is 0 Å². The SMILES string of the molecule is CN1C(=O)CN[C@H]1Cc1cc(C(C)(C)C)cc(C(C)(C)C)c1. The first-order valence-electron chi connectivity index (χ1n) is 8.12. The molecule has 1 N–H and O–H groups in total. The molecule has 1 aliphatic heterocycles. The van der Waals surface area contributed by atoms with Crippen LogP contribution < -0.4 is 5.32 Å². The van der Waals surface area contributed by atoms with E-state index in [0.29, 0.717) is 6.54 Å². The van der Waals surface area contributed by atoms with Crippen LogP contribution in [0.1, 0.15) is 58.2 Å². The predicted molar refractivity (Wildman–Crippen MR) is 92.1 cm³/mol. The molecule has 1 amide bonds. The highest BCUT2D eigenvalue weighted by Gasteiger charge is 2.28. The molecular weight excluding hydrogens is 272 g/mol.